The summed E-state index contributed by atoms with van der Waals surface area (Å²) in [5, 5.41) is 5.53. The fraction of sp³-hybridized carbons (Fsp3) is 0.286. The minimum Gasteiger partial charge on any atom is -0.313 e. The second kappa shape index (κ2) is 6.34. The Hall–Kier alpha value is -0.640. The average Bonchev–Trinajstić information content (AvgIpc) is 2.83. The summed E-state index contributed by atoms with van der Waals surface area (Å²) in [6, 6.07) is 13.3. The van der Waals surface area contributed by atoms with Crippen molar-refractivity contribution >= 4 is 27.3 Å². The predicted octanol–water partition coefficient (Wildman–Crippen LogP) is 4.40. The van der Waals surface area contributed by atoms with E-state index < -0.39 is 0 Å². The molecule has 1 atom stereocenters. The summed E-state index contributed by atoms with van der Waals surface area (Å²) in [6.07, 6.45) is 2.27. The predicted molar refractivity (Wildman–Crippen MR) is 78.6 cm³/mol. The van der Waals surface area contributed by atoms with E-state index >= 15 is 0 Å². The maximum Gasteiger partial charge on any atom is 0.0321 e. The van der Waals surface area contributed by atoms with Crippen LogP contribution in [0.2, 0.25) is 0 Å². The SMILES string of the molecule is CNC(CCc1cccs1)c1cccc(Br)c1. The van der Waals surface area contributed by atoms with Crippen LogP contribution in [0, 0.1) is 0 Å². The molecule has 0 aliphatic heterocycles. The highest BCUT2D eigenvalue weighted by Gasteiger charge is 2.09. The molecule has 1 heterocycles. The first kappa shape index (κ1) is 12.8. The lowest BCUT2D eigenvalue weighted by molar-refractivity contribution is 0.551. The molecule has 3 heteroatoms. The topological polar surface area (TPSA) is 12.0 Å². The molecule has 1 nitrogen and oxygen atoms in total. The van der Waals surface area contributed by atoms with E-state index in [9.17, 15) is 0 Å². The van der Waals surface area contributed by atoms with Crippen LogP contribution in [0.3, 0.4) is 0 Å². The molecular formula is C14H16BrNS. The van der Waals surface area contributed by atoms with Crippen molar-refractivity contribution in [1.29, 1.82) is 0 Å². The smallest absolute Gasteiger partial charge is 0.0321 e. The minimum absolute atomic E-state index is 0.426. The third-order valence-electron chi connectivity index (χ3n) is 2.86. The molecule has 1 aromatic carbocycles. The molecular weight excluding hydrogens is 294 g/mol. The van der Waals surface area contributed by atoms with E-state index in [4.69, 9.17) is 0 Å². The van der Waals surface area contributed by atoms with Gasteiger partial charge in [0.25, 0.3) is 0 Å². The molecule has 2 aromatic rings. The Labute approximate surface area is 115 Å². The highest BCUT2D eigenvalue weighted by atomic mass is 79.9. The molecule has 1 unspecified atom stereocenters. The van der Waals surface area contributed by atoms with Gasteiger partial charge in [-0.1, -0.05) is 34.1 Å². The second-order valence-electron chi connectivity index (χ2n) is 4.01. The maximum absolute atomic E-state index is 3.52. The molecule has 0 bridgehead atoms. The normalized spacial score (nSPS) is 12.6. The Bertz CT molecular complexity index is 453. The molecule has 90 valence electrons. The number of aryl methyl sites for hydroxylation is 1. The summed E-state index contributed by atoms with van der Waals surface area (Å²) < 4.78 is 1.14. The van der Waals surface area contributed by atoms with E-state index in [1.54, 1.807) is 0 Å². The quantitative estimate of drug-likeness (QED) is 0.863. The molecule has 0 radical (unpaired) electrons. The molecule has 2 rings (SSSR count). The molecule has 0 aliphatic carbocycles. The van der Waals surface area contributed by atoms with Gasteiger partial charge in [0.1, 0.15) is 0 Å². The Kier molecular flexibility index (Phi) is 4.77. The summed E-state index contributed by atoms with van der Waals surface area (Å²) in [4.78, 5) is 1.46. The third-order valence-corrected chi connectivity index (χ3v) is 4.29. The van der Waals surface area contributed by atoms with Crippen molar-refractivity contribution in [3.05, 3.63) is 56.7 Å². The monoisotopic (exact) mass is 309 g/mol. The lowest BCUT2D eigenvalue weighted by Gasteiger charge is -2.16. The van der Waals surface area contributed by atoms with Gasteiger partial charge in [0.05, 0.1) is 0 Å². The highest BCUT2D eigenvalue weighted by molar-refractivity contribution is 9.10. The number of hydrogen-bond acceptors (Lipinski definition) is 2. The van der Waals surface area contributed by atoms with Gasteiger partial charge < -0.3 is 5.32 Å². The first-order valence-corrected chi connectivity index (χ1v) is 7.42. The summed E-state index contributed by atoms with van der Waals surface area (Å²) in [5.41, 5.74) is 1.35. The zero-order valence-electron chi connectivity index (χ0n) is 9.82. The van der Waals surface area contributed by atoms with E-state index in [1.807, 2.05) is 18.4 Å². The van der Waals surface area contributed by atoms with Crippen molar-refractivity contribution in [1.82, 2.24) is 5.32 Å². The van der Waals surface area contributed by atoms with Crippen LogP contribution in [0.4, 0.5) is 0 Å². The summed E-state index contributed by atoms with van der Waals surface area (Å²) in [5.74, 6) is 0. The minimum atomic E-state index is 0.426. The maximum atomic E-state index is 3.52. The van der Waals surface area contributed by atoms with Crippen LogP contribution in [0.1, 0.15) is 22.9 Å². The van der Waals surface area contributed by atoms with Crippen LogP contribution in [0.5, 0.6) is 0 Å². The van der Waals surface area contributed by atoms with Gasteiger partial charge in [-0.25, -0.2) is 0 Å². The van der Waals surface area contributed by atoms with Crippen molar-refractivity contribution in [3.63, 3.8) is 0 Å². The number of thiophene rings is 1. The lowest BCUT2D eigenvalue weighted by atomic mass is 10.0. The van der Waals surface area contributed by atoms with Crippen LogP contribution in [0.15, 0.2) is 46.3 Å². The van der Waals surface area contributed by atoms with Gasteiger partial charge in [0.15, 0.2) is 0 Å². The van der Waals surface area contributed by atoms with Crippen LogP contribution in [-0.2, 0) is 6.42 Å². The van der Waals surface area contributed by atoms with E-state index in [-0.39, 0.29) is 0 Å². The Morgan fingerprint density at radius 1 is 1.29 bits per heavy atom. The van der Waals surface area contributed by atoms with E-state index in [0.29, 0.717) is 6.04 Å². The van der Waals surface area contributed by atoms with Gasteiger partial charge in [-0.3, -0.25) is 0 Å². The lowest BCUT2D eigenvalue weighted by Crippen LogP contribution is -2.16. The van der Waals surface area contributed by atoms with Gasteiger partial charge in [0.2, 0.25) is 0 Å². The summed E-state index contributed by atoms with van der Waals surface area (Å²) in [7, 11) is 2.03. The standard InChI is InChI=1S/C14H16BrNS/c1-16-14(8-7-13-6-3-9-17-13)11-4-2-5-12(15)10-11/h2-6,9-10,14,16H,7-8H2,1H3. The third kappa shape index (κ3) is 3.66. The fourth-order valence-electron chi connectivity index (χ4n) is 1.94. The Morgan fingerprint density at radius 2 is 2.18 bits per heavy atom. The Morgan fingerprint density at radius 3 is 2.82 bits per heavy atom. The number of hydrogen-bond donors (Lipinski definition) is 1. The molecule has 0 aliphatic rings. The number of halogens is 1. The van der Waals surface area contributed by atoms with Crippen molar-refractivity contribution in [2.24, 2.45) is 0 Å². The van der Waals surface area contributed by atoms with Crippen molar-refractivity contribution in [3.8, 4) is 0 Å². The summed E-state index contributed by atoms with van der Waals surface area (Å²) in [6.45, 7) is 0. The molecule has 17 heavy (non-hydrogen) atoms. The highest BCUT2D eigenvalue weighted by Crippen LogP contribution is 2.23. The molecule has 0 saturated heterocycles. The van der Waals surface area contributed by atoms with E-state index in [2.05, 4.69) is 63.0 Å². The molecule has 0 amide bonds. The van der Waals surface area contributed by atoms with Crippen molar-refractivity contribution in [2.75, 3.05) is 7.05 Å². The number of benzene rings is 1. The van der Waals surface area contributed by atoms with Crippen molar-refractivity contribution in [2.45, 2.75) is 18.9 Å². The number of rotatable bonds is 5. The van der Waals surface area contributed by atoms with E-state index in [0.717, 1.165) is 17.3 Å². The van der Waals surface area contributed by atoms with Gasteiger partial charge in [-0.2, -0.15) is 0 Å². The summed E-state index contributed by atoms with van der Waals surface area (Å²) >= 11 is 5.36. The van der Waals surface area contributed by atoms with Crippen LogP contribution >= 0.6 is 27.3 Å². The molecule has 1 aromatic heterocycles. The van der Waals surface area contributed by atoms with Gasteiger partial charge in [0, 0.05) is 15.4 Å². The van der Waals surface area contributed by atoms with Crippen molar-refractivity contribution < 1.29 is 0 Å². The van der Waals surface area contributed by atoms with Gasteiger partial charge in [-0.05, 0) is 49.0 Å². The van der Waals surface area contributed by atoms with Crippen LogP contribution < -0.4 is 5.32 Å². The molecule has 0 fully saturated rings. The zero-order chi connectivity index (χ0) is 12.1. The molecule has 0 spiro atoms. The van der Waals surface area contributed by atoms with Crippen LogP contribution in [0.25, 0.3) is 0 Å². The van der Waals surface area contributed by atoms with Gasteiger partial charge >= 0.3 is 0 Å². The first-order valence-electron chi connectivity index (χ1n) is 5.74. The van der Waals surface area contributed by atoms with Crippen LogP contribution in [-0.4, -0.2) is 7.05 Å². The van der Waals surface area contributed by atoms with Gasteiger partial charge in [-0.15, -0.1) is 11.3 Å². The average molecular weight is 310 g/mol. The zero-order valence-corrected chi connectivity index (χ0v) is 12.2. The molecule has 1 N–H and O–H groups in total. The Balaban J connectivity index is 2.01. The largest absolute Gasteiger partial charge is 0.313 e. The van der Waals surface area contributed by atoms with E-state index in [1.165, 1.54) is 10.4 Å². The number of nitrogens with one attached hydrogen (secondary N) is 1. The fourth-order valence-corrected chi connectivity index (χ4v) is 3.08. The first-order chi connectivity index (χ1) is 8.29. The second-order valence-corrected chi connectivity index (χ2v) is 5.96. The molecule has 0 saturated carbocycles.